The molecule has 5 atom stereocenters. The first-order valence-electron chi connectivity index (χ1n) is 9.06. The van der Waals surface area contributed by atoms with Gasteiger partial charge in [0.15, 0.2) is 0 Å². The first-order chi connectivity index (χ1) is 11.5. The number of esters is 2. The van der Waals surface area contributed by atoms with Crippen molar-refractivity contribution in [2.75, 3.05) is 0 Å². The lowest BCUT2D eigenvalue weighted by Gasteiger charge is -2.51. The lowest BCUT2D eigenvalue weighted by atomic mass is 9.62. The predicted molar refractivity (Wildman–Crippen MR) is 92.6 cm³/mol. The van der Waals surface area contributed by atoms with E-state index in [4.69, 9.17) is 9.47 Å². The highest BCUT2D eigenvalue weighted by molar-refractivity contribution is 5.88. The Labute approximate surface area is 149 Å². The summed E-state index contributed by atoms with van der Waals surface area (Å²) in [7, 11) is 0. The van der Waals surface area contributed by atoms with Crippen molar-refractivity contribution in [2.24, 2.45) is 11.3 Å². The zero-order valence-electron chi connectivity index (χ0n) is 15.7. The van der Waals surface area contributed by atoms with Crippen LogP contribution in [0.25, 0.3) is 0 Å². The maximum atomic E-state index is 12.6. The zero-order chi connectivity index (χ0) is 18.6. The average molecular weight is 348 g/mol. The number of hydrogen-bond acceptors (Lipinski definition) is 5. The van der Waals surface area contributed by atoms with Crippen LogP contribution < -0.4 is 0 Å². The lowest BCUT2D eigenvalue weighted by Crippen LogP contribution is -2.57. The van der Waals surface area contributed by atoms with Crippen molar-refractivity contribution in [1.82, 2.24) is 0 Å². The van der Waals surface area contributed by atoms with Gasteiger partial charge in [-0.15, -0.1) is 0 Å². The molecule has 0 amide bonds. The van der Waals surface area contributed by atoms with Gasteiger partial charge in [0.1, 0.15) is 17.3 Å². The van der Waals surface area contributed by atoms with Gasteiger partial charge in [0.05, 0.1) is 5.41 Å². The third kappa shape index (κ3) is 2.73. The Morgan fingerprint density at radius 1 is 1.36 bits per heavy atom. The summed E-state index contributed by atoms with van der Waals surface area (Å²) in [6.07, 6.45) is 5.65. The first-order valence-corrected chi connectivity index (χ1v) is 9.06. The summed E-state index contributed by atoms with van der Waals surface area (Å²) < 4.78 is 11.5. The molecule has 2 aliphatic heterocycles. The monoisotopic (exact) mass is 348 g/mol. The molecule has 1 saturated carbocycles. The molecule has 138 valence electrons. The predicted octanol–water partition coefficient (Wildman–Crippen LogP) is 3.07. The van der Waals surface area contributed by atoms with Crippen molar-refractivity contribution in [2.45, 2.75) is 77.6 Å². The van der Waals surface area contributed by atoms with Crippen LogP contribution in [-0.4, -0.2) is 34.4 Å². The average Bonchev–Trinajstić information content (AvgIpc) is 2.70. The van der Waals surface area contributed by atoms with E-state index in [-0.39, 0.29) is 11.9 Å². The number of ether oxygens (including phenoxy) is 2. The normalized spacial score (nSPS) is 43.7. The van der Waals surface area contributed by atoms with Crippen LogP contribution >= 0.6 is 0 Å². The SMILES string of the molecule is C/C=C(/C)C(=O)OC1CC2C(=CC1(C)O)C1(C)CCCC2(C)OC1=O. The Balaban J connectivity index is 2.01. The summed E-state index contributed by atoms with van der Waals surface area (Å²) in [6, 6.07) is 0. The van der Waals surface area contributed by atoms with Crippen molar-refractivity contribution >= 4 is 11.9 Å². The summed E-state index contributed by atoms with van der Waals surface area (Å²) in [5, 5.41) is 11.0. The highest BCUT2D eigenvalue weighted by Gasteiger charge is 2.60. The van der Waals surface area contributed by atoms with E-state index < -0.39 is 28.7 Å². The van der Waals surface area contributed by atoms with Crippen LogP contribution in [0, 0.1) is 11.3 Å². The number of carbonyl (C=O) groups is 2. The van der Waals surface area contributed by atoms with E-state index in [1.54, 1.807) is 32.9 Å². The summed E-state index contributed by atoms with van der Waals surface area (Å²) in [5.74, 6) is -0.663. The van der Waals surface area contributed by atoms with Gasteiger partial charge >= 0.3 is 11.9 Å². The molecule has 0 radical (unpaired) electrons. The summed E-state index contributed by atoms with van der Waals surface area (Å²) >= 11 is 0. The molecular formula is C20H28O5. The van der Waals surface area contributed by atoms with Gasteiger partial charge in [-0.1, -0.05) is 6.08 Å². The van der Waals surface area contributed by atoms with Gasteiger partial charge in [0.2, 0.25) is 0 Å². The minimum absolute atomic E-state index is 0.0402. The molecule has 0 aromatic rings. The van der Waals surface area contributed by atoms with E-state index in [1.807, 2.05) is 13.8 Å². The molecule has 2 saturated heterocycles. The van der Waals surface area contributed by atoms with Crippen molar-refractivity contribution in [3.8, 4) is 0 Å². The maximum absolute atomic E-state index is 12.6. The minimum atomic E-state index is -1.31. The summed E-state index contributed by atoms with van der Waals surface area (Å²) in [4.78, 5) is 24.8. The quantitative estimate of drug-likeness (QED) is 0.472. The van der Waals surface area contributed by atoms with Crippen LogP contribution in [0.4, 0.5) is 0 Å². The Bertz CT molecular complexity index is 674. The van der Waals surface area contributed by atoms with Crippen molar-refractivity contribution in [3.63, 3.8) is 0 Å². The van der Waals surface area contributed by atoms with Gasteiger partial charge < -0.3 is 14.6 Å². The standard InChI is InChI=1S/C20H28O5/c1-6-12(2)16(21)24-15-10-13-14(11-19(15,4)23)18(3)8-7-9-20(13,5)25-17(18)22/h6,11,13,15,23H,7-10H2,1-5H3/b12-6-. The van der Waals surface area contributed by atoms with E-state index in [2.05, 4.69) is 0 Å². The van der Waals surface area contributed by atoms with Crippen LogP contribution in [0.2, 0.25) is 0 Å². The van der Waals surface area contributed by atoms with Crippen LogP contribution in [0.5, 0.6) is 0 Å². The van der Waals surface area contributed by atoms with E-state index in [0.29, 0.717) is 12.0 Å². The van der Waals surface area contributed by atoms with Gasteiger partial charge in [-0.2, -0.15) is 0 Å². The van der Waals surface area contributed by atoms with Crippen molar-refractivity contribution < 1.29 is 24.2 Å². The Kier molecular flexibility index (Phi) is 4.14. The van der Waals surface area contributed by atoms with E-state index >= 15 is 0 Å². The largest absolute Gasteiger partial charge is 0.458 e. The number of fused-ring (bicyclic) bond motifs is 3. The Morgan fingerprint density at radius 3 is 2.68 bits per heavy atom. The fourth-order valence-corrected chi connectivity index (χ4v) is 4.50. The van der Waals surface area contributed by atoms with Gasteiger partial charge in [-0.05, 0) is 72.0 Å². The molecule has 1 N–H and O–H groups in total. The number of hydrogen-bond donors (Lipinski definition) is 1. The van der Waals surface area contributed by atoms with Crippen LogP contribution in [-0.2, 0) is 19.1 Å². The fraction of sp³-hybridized carbons (Fsp3) is 0.700. The molecule has 25 heavy (non-hydrogen) atoms. The van der Waals surface area contributed by atoms with E-state index in [9.17, 15) is 14.7 Å². The number of allylic oxidation sites excluding steroid dienone is 1. The maximum Gasteiger partial charge on any atom is 0.333 e. The molecule has 5 nitrogen and oxygen atoms in total. The smallest absolute Gasteiger partial charge is 0.333 e. The van der Waals surface area contributed by atoms with Gasteiger partial charge in [0.25, 0.3) is 0 Å². The fourth-order valence-electron chi connectivity index (χ4n) is 4.50. The molecule has 0 spiro atoms. The van der Waals surface area contributed by atoms with Gasteiger partial charge in [0, 0.05) is 11.5 Å². The molecule has 4 rings (SSSR count). The molecule has 0 aromatic heterocycles. The highest BCUT2D eigenvalue weighted by atomic mass is 16.6. The van der Waals surface area contributed by atoms with E-state index in [0.717, 1.165) is 24.8 Å². The lowest BCUT2D eigenvalue weighted by molar-refractivity contribution is -0.187. The minimum Gasteiger partial charge on any atom is -0.458 e. The number of rotatable bonds is 2. The number of carbonyl (C=O) groups excluding carboxylic acids is 2. The molecule has 4 aliphatic rings. The Hall–Kier alpha value is -1.62. The second-order valence-corrected chi connectivity index (χ2v) is 8.37. The van der Waals surface area contributed by atoms with Gasteiger partial charge in [-0.25, -0.2) is 4.79 Å². The van der Waals surface area contributed by atoms with Crippen LogP contribution in [0.3, 0.4) is 0 Å². The van der Waals surface area contributed by atoms with Crippen LogP contribution in [0.1, 0.15) is 60.3 Å². The zero-order valence-corrected chi connectivity index (χ0v) is 15.7. The van der Waals surface area contributed by atoms with Gasteiger partial charge in [-0.3, -0.25) is 4.79 Å². The summed E-state index contributed by atoms with van der Waals surface area (Å²) in [6.45, 7) is 8.99. The van der Waals surface area contributed by atoms with E-state index in [1.165, 1.54) is 0 Å². The molecule has 2 bridgehead atoms. The third-order valence-electron chi connectivity index (χ3n) is 6.43. The molecule has 5 heteroatoms. The second kappa shape index (κ2) is 5.70. The summed E-state index contributed by atoms with van der Waals surface area (Å²) in [5.41, 5.74) is -1.14. The molecule has 2 aliphatic carbocycles. The first kappa shape index (κ1) is 18.2. The third-order valence-corrected chi connectivity index (χ3v) is 6.43. The van der Waals surface area contributed by atoms with Crippen molar-refractivity contribution in [3.05, 3.63) is 23.3 Å². The Morgan fingerprint density at radius 2 is 2.04 bits per heavy atom. The topological polar surface area (TPSA) is 72.8 Å². The van der Waals surface area contributed by atoms with Crippen molar-refractivity contribution in [1.29, 1.82) is 0 Å². The molecule has 0 aromatic carbocycles. The molecular weight excluding hydrogens is 320 g/mol. The highest BCUT2D eigenvalue weighted by Crippen LogP contribution is 2.57. The number of aliphatic hydroxyl groups is 1. The second-order valence-electron chi connectivity index (χ2n) is 8.37. The molecule has 5 unspecified atom stereocenters. The van der Waals surface area contributed by atoms with Crippen LogP contribution in [0.15, 0.2) is 23.3 Å². The molecule has 3 fully saturated rings. The molecule has 2 heterocycles.